The van der Waals surface area contributed by atoms with Crippen LogP contribution in [-0.4, -0.2) is 16.1 Å². The molecule has 17 heavy (non-hydrogen) atoms. The molecule has 1 amide bonds. The molecule has 2 heterocycles. The van der Waals surface area contributed by atoms with Crippen molar-refractivity contribution in [2.45, 2.75) is 26.3 Å². The van der Waals surface area contributed by atoms with E-state index in [1.165, 1.54) is 0 Å². The first-order valence-electron chi connectivity index (χ1n) is 5.59. The van der Waals surface area contributed by atoms with E-state index in [4.69, 9.17) is 4.42 Å². The zero-order valence-electron chi connectivity index (χ0n) is 9.86. The molecule has 90 valence electrons. The van der Waals surface area contributed by atoms with E-state index in [1.54, 1.807) is 18.5 Å². The van der Waals surface area contributed by atoms with E-state index in [2.05, 4.69) is 15.5 Å². The van der Waals surface area contributed by atoms with E-state index in [1.807, 2.05) is 19.9 Å². The molecule has 0 spiro atoms. The van der Waals surface area contributed by atoms with E-state index in [0.29, 0.717) is 5.76 Å². The molecule has 0 aliphatic rings. The summed E-state index contributed by atoms with van der Waals surface area (Å²) in [5, 5.41) is 9.40. The minimum Gasteiger partial charge on any atom is -0.456 e. The number of aryl methyl sites for hydroxylation is 1. The highest BCUT2D eigenvalue weighted by atomic mass is 16.3. The first-order chi connectivity index (χ1) is 8.20. The Bertz CT molecular complexity index is 488. The smallest absolute Gasteiger partial charge is 0.287 e. The summed E-state index contributed by atoms with van der Waals surface area (Å²) in [6.07, 6.45) is 4.22. The number of H-pyrrole nitrogens is 1. The summed E-state index contributed by atoms with van der Waals surface area (Å²) in [5.74, 6) is 0.946. The molecule has 2 aromatic heterocycles. The maximum atomic E-state index is 11.8. The minimum absolute atomic E-state index is 0.101. The summed E-state index contributed by atoms with van der Waals surface area (Å²) in [7, 11) is 0. The van der Waals surface area contributed by atoms with Crippen molar-refractivity contribution in [1.82, 2.24) is 15.5 Å². The van der Waals surface area contributed by atoms with Crippen molar-refractivity contribution < 1.29 is 9.21 Å². The molecule has 0 bridgehead atoms. The molecule has 2 rings (SSSR count). The van der Waals surface area contributed by atoms with Crippen LogP contribution in [0.5, 0.6) is 0 Å². The summed E-state index contributed by atoms with van der Waals surface area (Å²) in [6, 6.07) is 3.41. The first kappa shape index (κ1) is 11.4. The first-order valence-corrected chi connectivity index (χ1v) is 5.59. The molecule has 0 saturated carbocycles. The molecule has 1 atom stereocenters. The van der Waals surface area contributed by atoms with Gasteiger partial charge in [-0.1, -0.05) is 6.92 Å². The van der Waals surface area contributed by atoms with Gasteiger partial charge in [0.15, 0.2) is 5.76 Å². The topological polar surface area (TPSA) is 70.9 Å². The number of carbonyl (C=O) groups excluding carboxylic acids is 1. The molecule has 5 heteroatoms. The number of amides is 1. The van der Waals surface area contributed by atoms with Crippen LogP contribution in [0.3, 0.4) is 0 Å². The van der Waals surface area contributed by atoms with E-state index in [-0.39, 0.29) is 11.9 Å². The lowest BCUT2D eigenvalue weighted by Crippen LogP contribution is -2.25. The van der Waals surface area contributed by atoms with Crippen molar-refractivity contribution in [1.29, 1.82) is 0 Å². The van der Waals surface area contributed by atoms with Crippen LogP contribution in [-0.2, 0) is 6.42 Å². The van der Waals surface area contributed by atoms with Gasteiger partial charge in [-0.15, -0.1) is 0 Å². The third kappa shape index (κ3) is 2.55. The fraction of sp³-hybridized carbons (Fsp3) is 0.333. The van der Waals surface area contributed by atoms with Gasteiger partial charge in [0.2, 0.25) is 0 Å². The summed E-state index contributed by atoms with van der Waals surface area (Å²) in [5.41, 5.74) is 0.931. The predicted molar refractivity (Wildman–Crippen MR) is 62.6 cm³/mol. The van der Waals surface area contributed by atoms with Gasteiger partial charge in [-0.05, 0) is 19.1 Å². The number of aromatic nitrogens is 2. The Balaban J connectivity index is 2.01. The van der Waals surface area contributed by atoms with Gasteiger partial charge in [0.05, 0.1) is 12.2 Å². The Labute approximate surface area is 99.2 Å². The average Bonchev–Trinajstić information content (AvgIpc) is 3.00. The normalized spacial score (nSPS) is 12.4. The predicted octanol–water partition coefficient (Wildman–Crippen LogP) is 2.06. The molecule has 1 unspecified atom stereocenters. The maximum absolute atomic E-state index is 11.8. The number of carbonyl (C=O) groups is 1. The van der Waals surface area contributed by atoms with Crippen LogP contribution in [0, 0.1) is 0 Å². The molecular weight excluding hydrogens is 218 g/mol. The zero-order valence-corrected chi connectivity index (χ0v) is 9.86. The van der Waals surface area contributed by atoms with Crippen LogP contribution >= 0.6 is 0 Å². The number of nitrogens with one attached hydrogen (secondary N) is 2. The van der Waals surface area contributed by atoms with Crippen LogP contribution in [0.15, 0.2) is 28.9 Å². The van der Waals surface area contributed by atoms with Gasteiger partial charge in [0.25, 0.3) is 5.91 Å². The van der Waals surface area contributed by atoms with Crippen molar-refractivity contribution in [2.24, 2.45) is 0 Å². The van der Waals surface area contributed by atoms with E-state index in [0.717, 1.165) is 17.7 Å². The maximum Gasteiger partial charge on any atom is 0.287 e. The van der Waals surface area contributed by atoms with E-state index >= 15 is 0 Å². The summed E-state index contributed by atoms with van der Waals surface area (Å²) in [6.45, 7) is 3.88. The lowest BCUT2D eigenvalue weighted by atomic mass is 10.2. The number of furan rings is 1. The van der Waals surface area contributed by atoms with Gasteiger partial charge >= 0.3 is 0 Å². The van der Waals surface area contributed by atoms with Gasteiger partial charge in [-0.25, -0.2) is 0 Å². The SMILES string of the molecule is CCc1ccc(C(=O)NC(C)c2cn[nH]c2)o1. The van der Waals surface area contributed by atoms with Crippen molar-refractivity contribution in [3.05, 3.63) is 41.6 Å². The quantitative estimate of drug-likeness (QED) is 0.849. The second kappa shape index (κ2) is 4.86. The lowest BCUT2D eigenvalue weighted by molar-refractivity contribution is 0.0910. The Morgan fingerprint density at radius 1 is 1.59 bits per heavy atom. The number of nitrogens with zero attached hydrogens (tertiary/aromatic N) is 1. The number of rotatable bonds is 4. The monoisotopic (exact) mass is 233 g/mol. The second-order valence-electron chi connectivity index (χ2n) is 3.85. The zero-order chi connectivity index (χ0) is 12.3. The molecule has 2 N–H and O–H groups in total. The summed E-state index contributed by atoms with van der Waals surface area (Å²) in [4.78, 5) is 11.8. The van der Waals surface area contributed by atoms with Crippen LogP contribution in [0.4, 0.5) is 0 Å². The molecular formula is C12H15N3O2. The fourth-order valence-electron chi connectivity index (χ4n) is 1.54. The van der Waals surface area contributed by atoms with Crippen LogP contribution in [0.1, 0.15) is 41.8 Å². The summed E-state index contributed by atoms with van der Waals surface area (Å²) < 4.78 is 5.38. The molecule has 0 saturated heterocycles. The molecule has 0 aromatic carbocycles. The molecule has 0 radical (unpaired) electrons. The standard InChI is InChI=1S/C12H15N3O2/c1-3-10-4-5-11(17-10)12(16)15-8(2)9-6-13-14-7-9/h4-8H,3H2,1-2H3,(H,13,14)(H,15,16). The van der Waals surface area contributed by atoms with Crippen LogP contribution in [0.2, 0.25) is 0 Å². The Kier molecular flexibility index (Phi) is 3.27. The average molecular weight is 233 g/mol. The van der Waals surface area contributed by atoms with Gasteiger partial charge in [0, 0.05) is 18.2 Å². The Morgan fingerprint density at radius 2 is 2.41 bits per heavy atom. The Hall–Kier alpha value is -2.04. The van der Waals surface area contributed by atoms with Crippen molar-refractivity contribution >= 4 is 5.91 Å². The largest absolute Gasteiger partial charge is 0.456 e. The van der Waals surface area contributed by atoms with Gasteiger partial charge in [0.1, 0.15) is 5.76 Å². The molecule has 0 fully saturated rings. The van der Waals surface area contributed by atoms with Crippen LogP contribution < -0.4 is 5.32 Å². The highest BCUT2D eigenvalue weighted by Gasteiger charge is 2.14. The lowest BCUT2D eigenvalue weighted by Gasteiger charge is -2.10. The molecule has 0 aliphatic carbocycles. The van der Waals surface area contributed by atoms with E-state index in [9.17, 15) is 4.79 Å². The minimum atomic E-state index is -0.210. The van der Waals surface area contributed by atoms with Crippen LogP contribution in [0.25, 0.3) is 0 Å². The highest BCUT2D eigenvalue weighted by Crippen LogP contribution is 2.12. The second-order valence-corrected chi connectivity index (χ2v) is 3.85. The van der Waals surface area contributed by atoms with Gasteiger partial charge in [-0.2, -0.15) is 5.10 Å². The van der Waals surface area contributed by atoms with Gasteiger partial charge in [-0.3, -0.25) is 9.89 Å². The number of hydrogen-bond acceptors (Lipinski definition) is 3. The summed E-state index contributed by atoms with van der Waals surface area (Å²) >= 11 is 0. The van der Waals surface area contributed by atoms with Gasteiger partial charge < -0.3 is 9.73 Å². The third-order valence-electron chi connectivity index (χ3n) is 2.60. The molecule has 2 aromatic rings. The number of aromatic amines is 1. The fourth-order valence-corrected chi connectivity index (χ4v) is 1.54. The van der Waals surface area contributed by atoms with Crippen molar-refractivity contribution in [3.63, 3.8) is 0 Å². The highest BCUT2D eigenvalue weighted by molar-refractivity contribution is 5.91. The third-order valence-corrected chi connectivity index (χ3v) is 2.60. The van der Waals surface area contributed by atoms with Crippen molar-refractivity contribution in [3.8, 4) is 0 Å². The number of hydrogen-bond donors (Lipinski definition) is 2. The molecule has 5 nitrogen and oxygen atoms in total. The molecule has 0 aliphatic heterocycles. The Morgan fingerprint density at radius 3 is 3.00 bits per heavy atom. The van der Waals surface area contributed by atoms with E-state index < -0.39 is 0 Å². The van der Waals surface area contributed by atoms with Crippen molar-refractivity contribution in [2.75, 3.05) is 0 Å².